The standard InChI is InChI=1S/C15H14F6N2O2S/c1-6-7(2)12(15(19,20)21)26-11(6)13(24)22-8-3-9(16)14(25)23(4-8)5-10(17)18/h3-4,6,10-11H,5H2,1-2H3,(H,22,24). The summed E-state index contributed by atoms with van der Waals surface area (Å²) in [6.45, 7) is 1.65. The smallest absolute Gasteiger partial charge is 0.324 e. The number of hydrogen-bond donors (Lipinski definition) is 1. The molecule has 0 bridgehead atoms. The highest BCUT2D eigenvalue weighted by Crippen LogP contribution is 2.49. The van der Waals surface area contributed by atoms with Gasteiger partial charge in [0, 0.05) is 12.3 Å². The van der Waals surface area contributed by atoms with Crippen molar-refractivity contribution >= 4 is 23.4 Å². The van der Waals surface area contributed by atoms with E-state index in [0.29, 0.717) is 22.4 Å². The van der Waals surface area contributed by atoms with E-state index in [1.165, 1.54) is 13.8 Å². The molecule has 4 nitrogen and oxygen atoms in total. The number of carbonyl (C=O) groups is 1. The molecule has 26 heavy (non-hydrogen) atoms. The molecular weight excluding hydrogens is 386 g/mol. The number of rotatable bonds is 4. The molecule has 0 radical (unpaired) electrons. The third-order valence-electron chi connectivity index (χ3n) is 3.90. The maximum atomic E-state index is 13.6. The Balaban J connectivity index is 2.21. The van der Waals surface area contributed by atoms with Crippen molar-refractivity contribution in [3.63, 3.8) is 0 Å². The summed E-state index contributed by atoms with van der Waals surface area (Å²) in [5.41, 5.74) is -1.57. The highest BCUT2D eigenvalue weighted by Gasteiger charge is 2.46. The van der Waals surface area contributed by atoms with Gasteiger partial charge in [-0.05, 0) is 12.8 Å². The van der Waals surface area contributed by atoms with Crippen LogP contribution in [0.3, 0.4) is 0 Å². The second-order valence-corrected chi connectivity index (χ2v) is 6.90. The van der Waals surface area contributed by atoms with E-state index in [4.69, 9.17) is 0 Å². The zero-order valence-electron chi connectivity index (χ0n) is 13.5. The van der Waals surface area contributed by atoms with Crippen LogP contribution in [0.4, 0.5) is 32.0 Å². The summed E-state index contributed by atoms with van der Waals surface area (Å²) in [7, 11) is 0. The Labute approximate surface area is 148 Å². The van der Waals surface area contributed by atoms with E-state index in [-0.39, 0.29) is 11.3 Å². The van der Waals surface area contributed by atoms with Crippen LogP contribution in [-0.2, 0) is 11.3 Å². The van der Waals surface area contributed by atoms with Gasteiger partial charge >= 0.3 is 6.18 Å². The van der Waals surface area contributed by atoms with Crippen LogP contribution in [0.5, 0.6) is 0 Å². The van der Waals surface area contributed by atoms with Crippen molar-refractivity contribution in [1.29, 1.82) is 0 Å². The normalized spacial score (nSPS) is 20.8. The Morgan fingerprint density at radius 2 is 2.00 bits per heavy atom. The number of pyridine rings is 1. The van der Waals surface area contributed by atoms with Gasteiger partial charge in [-0.1, -0.05) is 12.5 Å². The lowest BCUT2D eigenvalue weighted by atomic mass is 9.98. The summed E-state index contributed by atoms with van der Waals surface area (Å²) in [6, 6.07) is 0.636. The number of hydrogen-bond acceptors (Lipinski definition) is 3. The predicted molar refractivity (Wildman–Crippen MR) is 84.6 cm³/mol. The first-order chi connectivity index (χ1) is 11.9. The number of nitrogens with one attached hydrogen (secondary N) is 1. The van der Waals surface area contributed by atoms with Crippen LogP contribution >= 0.6 is 11.8 Å². The van der Waals surface area contributed by atoms with E-state index < -0.39 is 52.5 Å². The lowest BCUT2D eigenvalue weighted by molar-refractivity contribution is -0.116. The van der Waals surface area contributed by atoms with Crippen molar-refractivity contribution in [2.45, 2.75) is 38.2 Å². The topological polar surface area (TPSA) is 51.1 Å². The average molecular weight is 400 g/mol. The van der Waals surface area contributed by atoms with E-state index >= 15 is 0 Å². The van der Waals surface area contributed by atoms with E-state index in [0.717, 1.165) is 6.20 Å². The first-order valence-corrected chi connectivity index (χ1v) is 8.23. The maximum Gasteiger partial charge on any atom is 0.422 e. The van der Waals surface area contributed by atoms with Gasteiger partial charge in [-0.25, -0.2) is 13.2 Å². The molecule has 1 amide bonds. The number of nitrogens with zero attached hydrogens (tertiary/aromatic N) is 1. The number of carbonyl (C=O) groups excluding carboxylic acids is 1. The van der Waals surface area contributed by atoms with Gasteiger partial charge in [0.2, 0.25) is 5.91 Å². The van der Waals surface area contributed by atoms with Gasteiger partial charge in [-0.3, -0.25) is 9.59 Å². The molecular formula is C15H14F6N2O2S. The molecule has 11 heteroatoms. The highest BCUT2D eigenvalue weighted by molar-refractivity contribution is 8.04. The van der Waals surface area contributed by atoms with Gasteiger partial charge in [-0.2, -0.15) is 13.2 Å². The Hall–Kier alpha value is -1.91. The SMILES string of the molecule is CC1=C(C(F)(F)F)SC(C(=O)Nc2cc(F)c(=O)n(CC(F)F)c2)C1C. The van der Waals surface area contributed by atoms with Gasteiger partial charge in [0.05, 0.1) is 22.4 Å². The molecule has 2 atom stereocenters. The summed E-state index contributed by atoms with van der Waals surface area (Å²) in [5.74, 6) is -2.93. The molecule has 0 saturated carbocycles. The van der Waals surface area contributed by atoms with Gasteiger partial charge in [0.25, 0.3) is 12.0 Å². The number of allylic oxidation sites excluding steroid dienone is 2. The Bertz CT molecular complexity index is 802. The number of anilines is 1. The molecule has 2 unspecified atom stereocenters. The van der Waals surface area contributed by atoms with Gasteiger partial charge in [-0.15, -0.1) is 11.8 Å². The van der Waals surface area contributed by atoms with E-state index in [2.05, 4.69) is 5.32 Å². The van der Waals surface area contributed by atoms with Crippen molar-refractivity contribution < 1.29 is 31.1 Å². The Morgan fingerprint density at radius 1 is 1.38 bits per heavy atom. The minimum absolute atomic E-state index is 0.0106. The molecule has 1 aliphatic rings. The molecule has 1 aromatic heterocycles. The average Bonchev–Trinajstić information content (AvgIpc) is 2.80. The summed E-state index contributed by atoms with van der Waals surface area (Å²) in [5, 5.41) is 1.07. The lowest BCUT2D eigenvalue weighted by Crippen LogP contribution is -2.31. The quantitative estimate of drug-likeness (QED) is 0.783. The molecule has 1 aliphatic heterocycles. The summed E-state index contributed by atoms with van der Waals surface area (Å²) in [4.78, 5) is 22.9. The van der Waals surface area contributed by atoms with Crippen molar-refractivity contribution in [3.8, 4) is 0 Å². The predicted octanol–water partition coefficient (Wildman–Crippen LogP) is 3.78. The fraction of sp³-hybridized carbons (Fsp3) is 0.467. The van der Waals surface area contributed by atoms with Crippen molar-refractivity contribution in [3.05, 3.63) is 38.9 Å². The van der Waals surface area contributed by atoms with E-state index in [9.17, 15) is 35.9 Å². The maximum absolute atomic E-state index is 13.6. The number of alkyl halides is 5. The zero-order chi connectivity index (χ0) is 19.8. The largest absolute Gasteiger partial charge is 0.422 e. The fourth-order valence-electron chi connectivity index (χ4n) is 2.49. The van der Waals surface area contributed by atoms with Crippen LogP contribution in [0, 0.1) is 11.7 Å². The van der Waals surface area contributed by atoms with E-state index in [1.807, 2.05) is 0 Å². The van der Waals surface area contributed by atoms with Crippen molar-refractivity contribution in [1.82, 2.24) is 4.57 Å². The highest BCUT2D eigenvalue weighted by atomic mass is 32.2. The fourth-order valence-corrected chi connectivity index (χ4v) is 3.83. The van der Waals surface area contributed by atoms with Gasteiger partial charge < -0.3 is 9.88 Å². The number of amides is 1. The number of halogens is 6. The minimum atomic E-state index is -4.59. The molecule has 0 aromatic carbocycles. The first kappa shape index (κ1) is 20.4. The molecule has 144 valence electrons. The third-order valence-corrected chi connectivity index (χ3v) is 5.57. The monoisotopic (exact) mass is 400 g/mol. The van der Waals surface area contributed by atoms with Gasteiger partial charge in [0.1, 0.15) is 0 Å². The molecule has 0 saturated heterocycles. The van der Waals surface area contributed by atoms with Crippen LogP contribution in [0.1, 0.15) is 13.8 Å². The summed E-state index contributed by atoms with van der Waals surface area (Å²) in [6.07, 6.45) is -6.69. The third kappa shape index (κ3) is 4.25. The second-order valence-electron chi connectivity index (χ2n) is 5.75. The number of thioether (sulfide) groups is 1. The van der Waals surface area contributed by atoms with Crippen LogP contribution in [0.15, 0.2) is 27.5 Å². The van der Waals surface area contributed by atoms with Crippen molar-refractivity contribution in [2.24, 2.45) is 5.92 Å². The molecule has 2 rings (SSSR count). The Kier molecular flexibility index (Phi) is 5.79. The molecule has 1 aromatic rings. The lowest BCUT2D eigenvalue weighted by Gasteiger charge is -2.17. The molecule has 0 fully saturated rings. The molecule has 0 aliphatic carbocycles. The van der Waals surface area contributed by atoms with Crippen LogP contribution in [0.25, 0.3) is 0 Å². The van der Waals surface area contributed by atoms with Crippen LogP contribution in [-0.4, -0.2) is 28.3 Å². The summed E-state index contributed by atoms with van der Waals surface area (Å²) < 4.78 is 77.7. The van der Waals surface area contributed by atoms with Crippen LogP contribution < -0.4 is 10.9 Å². The molecule has 0 spiro atoms. The zero-order valence-corrected chi connectivity index (χ0v) is 14.4. The minimum Gasteiger partial charge on any atom is -0.324 e. The molecule has 2 heterocycles. The number of aromatic nitrogens is 1. The Morgan fingerprint density at radius 3 is 2.50 bits per heavy atom. The van der Waals surface area contributed by atoms with E-state index in [1.54, 1.807) is 0 Å². The second kappa shape index (κ2) is 7.37. The molecule has 1 N–H and O–H groups in total. The first-order valence-electron chi connectivity index (χ1n) is 7.35. The van der Waals surface area contributed by atoms with Crippen molar-refractivity contribution in [2.75, 3.05) is 5.32 Å². The summed E-state index contributed by atoms with van der Waals surface area (Å²) >= 11 is 0.344. The van der Waals surface area contributed by atoms with Gasteiger partial charge in [0.15, 0.2) is 5.82 Å². The van der Waals surface area contributed by atoms with Crippen LogP contribution in [0.2, 0.25) is 0 Å².